The molecular weight excluding hydrogens is 314 g/mol. The zero-order valence-electron chi connectivity index (χ0n) is 12.2. The van der Waals surface area contributed by atoms with Gasteiger partial charge in [-0.1, -0.05) is 13.3 Å². The third-order valence-electron chi connectivity index (χ3n) is 4.46. The number of piperidine rings is 1. The van der Waals surface area contributed by atoms with Crippen LogP contribution in [0.3, 0.4) is 0 Å². The lowest BCUT2D eigenvalue weighted by molar-refractivity contribution is 0.402. The average Bonchev–Trinajstić information content (AvgIpc) is 3.29. The van der Waals surface area contributed by atoms with Crippen molar-refractivity contribution in [1.29, 1.82) is 0 Å². The molecule has 0 bridgehead atoms. The van der Waals surface area contributed by atoms with Gasteiger partial charge in [-0.2, -0.15) is 0 Å². The van der Waals surface area contributed by atoms with Gasteiger partial charge in [0, 0.05) is 41.9 Å². The van der Waals surface area contributed by atoms with Crippen LogP contribution in [0.25, 0.3) is 0 Å². The topological polar surface area (TPSA) is 28.2 Å². The van der Waals surface area contributed by atoms with Crippen molar-refractivity contribution in [3.8, 4) is 0 Å². The van der Waals surface area contributed by atoms with Crippen molar-refractivity contribution in [3.05, 3.63) is 22.3 Å². The third-order valence-corrected chi connectivity index (χ3v) is 4.90. The molecule has 1 atom stereocenters. The number of nitrogens with zero attached hydrogens (tertiary/aromatic N) is 2. The molecule has 110 valence electrons. The maximum absolute atomic E-state index is 4.71. The van der Waals surface area contributed by atoms with Gasteiger partial charge in [-0.3, -0.25) is 0 Å². The highest BCUT2D eigenvalue weighted by Crippen LogP contribution is 2.28. The minimum Gasteiger partial charge on any atom is -0.356 e. The molecule has 1 aromatic heterocycles. The Bertz CT molecular complexity index is 459. The molecule has 0 radical (unpaired) electrons. The summed E-state index contributed by atoms with van der Waals surface area (Å²) in [6, 6.07) is 2.97. The fourth-order valence-corrected chi connectivity index (χ4v) is 3.40. The predicted molar refractivity (Wildman–Crippen MR) is 87.0 cm³/mol. The normalized spacial score (nSPS) is 23.1. The van der Waals surface area contributed by atoms with Crippen molar-refractivity contribution in [3.63, 3.8) is 0 Å². The molecule has 1 saturated heterocycles. The number of aromatic nitrogens is 1. The lowest BCUT2D eigenvalue weighted by Gasteiger charge is -2.34. The number of rotatable bonds is 5. The first-order valence-electron chi connectivity index (χ1n) is 7.89. The van der Waals surface area contributed by atoms with E-state index in [2.05, 4.69) is 39.1 Å². The molecule has 3 nitrogen and oxygen atoms in total. The van der Waals surface area contributed by atoms with Gasteiger partial charge in [0.15, 0.2) is 0 Å². The molecule has 1 saturated carbocycles. The maximum atomic E-state index is 4.71. The van der Waals surface area contributed by atoms with Gasteiger partial charge in [0.05, 0.1) is 0 Å². The molecule has 3 rings (SSSR count). The van der Waals surface area contributed by atoms with E-state index in [1.807, 2.05) is 6.20 Å². The summed E-state index contributed by atoms with van der Waals surface area (Å²) in [6.45, 7) is 5.57. The monoisotopic (exact) mass is 337 g/mol. The number of pyridine rings is 1. The standard InChI is InChI=1S/C16H24BrN3/c1-2-12-4-3-7-20(11-12)16-13(8-14(17)10-19-16)9-18-15-5-6-15/h8,10,12,15,18H,2-7,9,11H2,1H3. The minimum absolute atomic E-state index is 0.742. The Kier molecular flexibility index (Phi) is 4.61. The van der Waals surface area contributed by atoms with E-state index in [0.29, 0.717) is 0 Å². The molecule has 1 aliphatic carbocycles. The van der Waals surface area contributed by atoms with Crippen molar-refractivity contribution in [2.45, 2.75) is 51.6 Å². The molecule has 0 amide bonds. The second-order valence-electron chi connectivity index (χ2n) is 6.15. The Labute approximate surface area is 130 Å². The molecule has 1 unspecified atom stereocenters. The Morgan fingerprint density at radius 2 is 2.25 bits per heavy atom. The van der Waals surface area contributed by atoms with E-state index in [1.165, 1.54) is 50.0 Å². The summed E-state index contributed by atoms with van der Waals surface area (Å²) in [7, 11) is 0. The number of hydrogen-bond acceptors (Lipinski definition) is 3. The molecular formula is C16H24BrN3. The van der Waals surface area contributed by atoms with Crippen LogP contribution in [0.1, 0.15) is 44.6 Å². The first kappa shape index (κ1) is 14.3. The van der Waals surface area contributed by atoms with Gasteiger partial charge in [0.25, 0.3) is 0 Å². The van der Waals surface area contributed by atoms with Gasteiger partial charge >= 0.3 is 0 Å². The van der Waals surface area contributed by atoms with Crippen LogP contribution in [-0.2, 0) is 6.54 Å². The second-order valence-corrected chi connectivity index (χ2v) is 7.07. The summed E-state index contributed by atoms with van der Waals surface area (Å²) >= 11 is 3.56. The van der Waals surface area contributed by atoms with Crippen molar-refractivity contribution < 1.29 is 0 Å². The van der Waals surface area contributed by atoms with E-state index in [1.54, 1.807) is 0 Å². The molecule has 1 aromatic rings. The lowest BCUT2D eigenvalue weighted by Crippen LogP contribution is -2.36. The van der Waals surface area contributed by atoms with Crippen LogP contribution in [0.5, 0.6) is 0 Å². The minimum atomic E-state index is 0.742. The van der Waals surface area contributed by atoms with E-state index in [-0.39, 0.29) is 0 Å². The molecule has 2 heterocycles. The fourth-order valence-electron chi connectivity index (χ4n) is 3.02. The van der Waals surface area contributed by atoms with Crippen LogP contribution >= 0.6 is 15.9 Å². The maximum Gasteiger partial charge on any atom is 0.133 e. The molecule has 1 aliphatic heterocycles. The summed E-state index contributed by atoms with van der Waals surface area (Å²) in [4.78, 5) is 7.20. The molecule has 1 N–H and O–H groups in total. The van der Waals surface area contributed by atoms with Crippen LogP contribution in [-0.4, -0.2) is 24.1 Å². The molecule has 0 spiro atoms. The number of nitrogens with one attached hydrogen (secondary N) is 1. The predicted octanol–water partition coefficient (Wildman–Crippen LogP) is 3.72. The molecule has 2 aliphatic rings. The van der Waals surface area contributed by atoms with Crippen LogP contribution in [0.4, 0.5) is 5.82 Å². The van der Waals surface area contributed by atoms with E-state index < -0.39 is 0 Å². The Hall–Kier alpha value is -0.610. The largest absolute Gasteiger partial charge is 0.356 e. The van der Waals surface area contributed by atoms with Crippen molar-refractivity contribution in [2.75, 3.05) is 18.0 Å². The van der Waals surface area contributed by atoms with Gasteiger partial charge in [0.2, 0.25) is 0 Å². The molecule has 0 aromatic carbocycles. The first-order chi connectivity index (χ1) is 9.76. The Balaban J connectivity index is 1.75. The highest BCUT2D eigenvalue weighted by atomic mass is 79.9. The summed E-state index contributed by atoms with van der Waals surface area (Å²) in [5, 5.41) is 3.62. The third kappa shape index (κ3) is 3.53. The van der Waals surface area contributed by atoms with E-state index in [9.17, 15) is 0 Å². The average molecular weight is 338 g/mol. The van der Waals surface area contributed by atoms with Gasteiger partial charge in [-0.15, -0.1) is 0 Å². The van der Waals surface area contributed by atoms with Crippen molar-refractivity contribution >= 4 is 21.7 Å². The first-order valence-corrected chi connectivity index (χ1v) is 8.68. The van der Waals surface area contributed by atoms with Crippen LogP contribution < -0.4 is 10.2 Å². The molecule has 2 fully saturated rings. The fraction of sp³-hybridized carbons (Fsp3) is 0.688. The second kappa shape index (κ2) is 6.44. The number of halogens is 1. The summed E-state index contributed by atoms with van der Waals surface area (Å²) in [5.41, 5.74) is 1.34. The van der Waals surface area contributed by atoms with E-state index >= 15 is 0 Å². The summed E-state index contributed by atoms with van der Waals surface area (Å²) < 4.78 is 1.08. The molecule has 4 heteroatoms. The zero-order chi connectivity index (χ0) is 13.9. The zero-order valence-corrected chi connectivity index (χ0v) is 13.8. The highest BCUT2D eigenvalue weighted by molar-refractivity contribution is 9.10. The summed E-state index contributed by atoms with van der Waals surface area (Å²) in [5.74, 6) is 2.03. The van der Waals surface area contributed by atoms with Crippen LogP contribution in [0.15, 0.2) is 16.7 Å². The number of anilines is 1. The molecule has 20 heavy (non-hydrogen) atoms. The van der Waals surface area contributed by atoms with Gasteiger partial charge in [-0.05, 0) is 53.6 Å². The summed E-state index contributed by atoms with van der Waals surface area (Å²) in [6.07, 6.45) is 8.55. The van der Waals surface area contributed by atoms with Gasteiger partial charge in [0.1, 0.15) is 5.82 Å². The lowest BCUT2D eigenvalue weighted by atomic mass is 9.95. The van der Waals surface area contributed by atoms with Gasteiger partial charge in [-0.25, -0.2) is 4.98 Å². The van der Waals surface area contributed by atoms with Crippen LogP contribution in [0, 0.1) is 5.92 Å². The highest BCUT2D eigenvalue weighted by Gasteiger charge is 2.24. The van der Waals surface area contributed by atoms with Crippen molar-refractivity contribution in [1.82, 2.24) is 10.3 Å². The number of hydrogen-bond donors (Lipinski definition) is 1. The van der Waals surface area contributed by atoms with E-state index in [4.69, 9.17) is 4.98 Å². The van der Waals surface area contributed by atoms with E-state index in [0.717, 1.165) is 29.5 Å². The Morgan fingerprint density at radius 3 is 3.00 bits per heavy atom. The smallest absolute Gasteiger partial charge is 0.133 e. The quantitative estimate of drug-likeness (QED) is 0.887. The van der Waals surface area contributed by atoms with Gasteiger partial charge < -0.3 is 10.2 Å². The van der Waals surface area contributed by atoms with Crippen LogP contribution in [0.2, 0.25) is 0 Å². The Morgan fingerprint density at radius 1 is 1.40 bits per heavy atom. The SMILES string of the molecule is CCC1CCCN(c2ncc(Br)cc2CNC2CC2)C1. The van der Waals surface area contributed by atoms with Crippen molar-refractivity contribution in [2.24, 2.45) is 5.92 Å².